The van der Waals surface area contributed by atoms with E-state index < -0.39 is 18.4 Å². The maximum atomic E-state index is 12.7. The molecule has 4 rings (SSSR count). The molecular weight excluding hydrogens is 402 g/mol. The van der Waals surface area contributed by atoms with Crippen molar-refractivity contribution in [3.05, 3.63) is 48.5 Å². The number of anilines is 1. The maximum absolute atomic E-state index is 12.7. The zero-order valence-corrected chi connectivity index (χ0v) is 17.2. The fourth-order valence-electron chi connectivity index (χ4n) is 3.46. The molecule has 3 heterocycles. The molecule has 10 nitrogen and oxygen atoms in total. The molecule has 162 valence electrons. The van der Waals surface area contributed by atoms with E-state index >= 15 is 0 Å². The highest BCUT2D eigenvalue weighted by atomic mass is 16.6. The Morgan fingerprint density at radius 1 is 1.19 bits per heavy atom. The van der Waals surface area contributed by atoms with Crippen molar-refractivity contribution in [1.82, 2.24) is 19.5 Å². The topological polar surface area (TPSA) is 117 Å². The van der Waals surface area contributed by atoms with Gasteiger partial charge in [0.2, 0.25) is 0 Å². The molecule has 1 saturated heterocycles. The monoisotopic (exact) mass is 425 g/mol. The summed E-state index contributed by atoms with van der Waals surface area (Å²) in [6, 6.07) is 8.80. The number of hydrogen-bond donors (Lipinski definition) is 1. The van der Waals surface area contributed by atoms with Crippen LogP contribution in [0.2, 0.25) is 0 Å². The highest BCUT2D eigenvalue weighted by molar-refractivity contribution is 6.06. The predicted molar refractivity (Wildman–Crippen MR) is 111 cm³/mol. The van der Waals surface area contributed by atoms with Crippen LogP contribution in [0.15, 0.2) is 43.0 Å². The van der Waals surface area contributed by atoms with E-state index in [0.717, 1.165) is 0 Å². The van der Waals surface area contributed by atoms with Crippen LogP contribution in [-0.2, 0) is 19.0 Å². The van der Waals surface area contributed by atoms with Crippen LogP contribution in [0.25, 0.3) is 11.2 Å². The Balaban J connectivity index is 1.63. The van der Waals surface area contributed by atoms with Gasteiger partial charge in [-0.1, -0.05) is 25.1 Å². The Hall–Kier alpha value is -3.21. The number of amides is 1. The second-order valence-electron chi connectivity index (χ2n) is 6.98. The molecule has 1 fully saturated rings. The van der Waals surface area contributed by atoms with E-state index in [-0.39, 0.29) is 24.1 Å². The molecular formula is C21H23N5O5. The Kier molecular flexibility index (Phi) is 6.31. The first-order chi connectivity index (χ1) is 15.1. The first-order valence-electron chi connectivity index (χ1n) is 9.97. The minimum absolute atomic E-state index is 0.128. The molecule has 1 aliphatic heterocycles. The van der Waals surface area contributed by atoms with Crippen LogP contribution in [0.5, 0.6) is 0 Å². The van der Waals surface area contributed by atoms with Crippen molar-refractivity contribution in [3.8, 4) is 0 Å². The molecule has 0 aliphatic carbocycles. The number of aromatic nitrogens is 4. The molecule has 1 aromatic carbocycles. The van der Waals surface area contributed by atoms with Gasteiger partial charge < -0.3 is 19.5 Å². The number of ether oxygens (including phenoxy) is 3. The van der Waals surface area contributed by atoms with Crippen molar-refractivity contribution in [3.63, 3.8) is 0 Å². The number of hydrogen-bond acceptors (Lipinski definition) is 8. The third-order valence-electron chi connectivity index (χ3n) is 5.02. The van der Waals surface area contributed by atoms with Crippen molar-refractivity contribution in [1.29, 1.82) is 0 Å². The van der Waals surface area contributed by atoms with Crippen LogP contribution in [0.4, 0.5) is 5.82 Å². The summed E-state index contributed by atoms with van der Waals surface area (Å²) in [5, 5.41) is 2.77. The number of carbonyl (C=O) groups is 2. The number of nitrogens with zero attached hydrogens (tertiary/aromatic N) is 4. The van der Waals surface area contributed by atoms with Gasteiger partial charge in [0.1, 0.15) is 12.4 Å². The van der Waals surface area contributed by atoms with Crippen molar-refractivity contribution in [2.45, 2.75) is 31.8 Å². The summed E-state index contributed by atoms with van der Waals surface area (Å²) in [5.74, 6) is -0.169. The maximum Gasteiger partial charge on any atom is 0.256 e. The zero-order valence-electron chi connectivity index (χ0n) is 17.2. The molecule has 10 heteroatoms. The first kappa shape index (κ1) is 21.0. The summed E-state index contributed by atoms with van der Waals surface area (Å²) in [6.45, 7) is 2.49. The van der Waals surface area contributed by atoms with Gasteiger partial charge >= 0.3 is 0 Å². The van der Waals surface area contributed by atoms with Crippen LogP contribution >= 0.6 is 0 Å². The minimum atomic E-state index is -0.810. The summed E-state index contributed by atoms with van der Waals surface area (Å²) >= 11 is 0. The van der Waals surface area contributed by atoms with Crippen molar-refractivity contribution < 1.29 is 23.8 Å². The van der Waals surface area contributed by atoms with Gasteiger partial charge in [-0.3, -0.25) is 14.2 Å². The molecule has 2 aromatic heterocycles. The van der Waals surface area contributed by atoms with E-state index in [2.05, 4.69) is 20.3 Å². The molecule has 3 atom stereocenters. The largest absolute Gasteiger partial charge is 0.382 e. The molecule has 1 amide bonds. The number of nitrogens with one attached hydrogen (secondary N) is 1. The quantitative estimate of drug-likeness (QED) is 0.545. The molecule has 0 saturated carbocycles. The Morgan fingerprint density at radius 3 is 2.74 bits per heavy atom. The van der Waals surface area contributed by atoms with E-state index in [4.69, 9.17) is 14.2 Å². The minimum Gasteiger partial charge on any atom is -0.382 e. The normalized spacial score (nSPS) is 21.0. The lowest BCUT2D eigenvalue weighted by molar-refractivity contribution is -0.130. The lowest BCUT2D eigenvalue weighted by Crippen LogP contribution is -2.30. The summed E-state index contributed by atoms with van der Waals surface area (Å²) in [4.78, 5) is 38.1. The number of methoxy groups -OCH3 is 1. The molecule has 0 radical (unpaired) electrons. The van der Waals surface area contributed by atoms with E-state index in [1.54, 1.807) is 35.9 Å². The number of carbonyl (C=O) groups excluding carboxylic acids is 2. The van der Waals surface area contributed by atoms with Gasteiger partial charge in [-0.15, -0.1) is 0 Å². The van der Waals surface area contributed by atoms with Gasteiger partial charge in [0.15, 0.2) is 35.1 Å². The molecule has 1 aliphatic rings. The first-order valence-corrected chi connectivity index (χ1v) is 9.97. The summed E-state index contributed by atoms with van der Waals surface area (Å²) < 4.78 is 18.4. The van der Waals surface area contributed by atoms with E-state index in [0.29, 0.717) is 29.8 Å². The van der Waals surface area contributed by atoms with Crippen LogP contribution in [-0.4, -0.2) is 63.7 Å². The molecule has 31 heavy (non-hydrogen) atoms. The lowest BCUT2D eigenvalue weighted by Gasteiger charge is -2.19. The number of Topliss-reactive ketones (excluding diaryl/α,β-unsaturated/α-hetero) is 1. The Morgan fingerprint density at radius 2 is 2.00 bits per heavy atom. The average Bonchev–Trinajstić information content (AvgIpc) is 3.36. The van der Waals surface area contributed by atoms with Gasteiger partial charge in [0.25, 0.3) is 5.91 Å². The number of fused-ring (bicyclic) bond motifs is 1. The van der Waals surface area contributed by atoms with Gasteiger partial charge in [-0.25, -0.2) is 15.0 Å². The predicted octanol–water partition coefficient (Wildman–Crippen LogP) is 1.99. The highest BCUT2D eigenvalue weighted by Crippen LogP contribution is 2.33. The van der Waals surface area contributed by atoms with E-state index in [9.17, 15) is 9.59 Å². The Bertz CT molecular complexity index is 1070. The van der Waals surface area contributed by atoms with Crippen molar-refractivity contribution >= 4 is 28.7 Å². The highest BCUT2D eigenvalue weighted by Gasteiger charge is 2.45. The lowest BCUT2D eigenvalue weighted by atomic mass is 10.1. The summed E-state index contributed by atoms with van der Waals surface area (Å²) in [5.41, 5.74) is 1.31. The number of benzene rings is 1. The van der Waals surface area contributed by atoms with E-state index in [1.165, 1.54) is 12.7 Å². The fourth-order valence-corrected chi connectivity index (χ4v) is 3.46. The zero-order chi connectivity index (χ0) is 21.8. The molecule has 3 aromatic rings. The van der Waals surface area contributed by atoms with Gasteiger partial charge in [-0.2, -0.15) is 0 Å². The summed E-state index contributed by atoms with van der Waals surface area (Å²) in [7, 11) is 1.56. The molecule has 0 unspecified atom stereocenters. The van der Waals surface area contributed by atoms with E-state index in [1.807, 2.05) is 13.0 Å². The van der Waals surface area contributed by atoms with Crippen LogP contribution in [0, 0.1) is 0 Å². The molecule has 0 spiro atoms. The standard InChI is InChI=1S/C21H23N5O5/c1-3-14-16(27)17(30-10-9-29-2)21(31-14)26-12-24-15-18(22-11-23-19(15)26)25-20(28)13-7-5-4-6-8-13/h4-8,11-12,14,17,21H,3,9-10H2,1-2H3,(H,22,23,25,28)/t14-,17-,21-/m1/s1. The number of imidazole rings is 1. The summed E-state index contributed by atoms with van der Waals surface area (Å²) in [6.07, 6.45) is 1.26. The number of ketones is 1. The van der Waals surface area contributed by atoms with Crippen molar-refractivity contribution in [2.75, 3.05) is 25.6 Å². The third kappa shape index (κ3) is 4.18. The SMILES string of the molecule is CC[C@H]1O[C@@H](n2cnc3c(NC(=O)c4ccccc4)ncnc32)[C@H](OCCOC)C1=O. The fraction of sp³-hybridized carbons (Fsp3) is 0.381. The molecule has 0 bridgehead atoms. The van der Waals surface area contributed by atoms with Gasteiger partial charge in [0, 0.05) is 12.7 Å². The number of rotatable bonds is 8. The smallest absolute Gasteiger partial charge is 0.256 e. The second-order valence-corrected chi connectivity index (χ2v) is 6.98. The van der Waals surface area contributed by atoms with Gasteiger partial charge in [0.05, 0.1) is 19.5 Å². The van der Waals surface area contributed by atoms with Gasteiger partial charge in [-0.05, 0) is 18.6 Å². The third-order valence-corrected chi connectivity index (χ3v) is 5.02. The van der Waals surface area contributed by atoms with Crippen LogP contribution in [0.1, 0.15) is 29.9 Å². The second kappa shape index (κ2) is 9.29. The molecule has 1 N–H and O–H groups in total. The van der Waals surface area contributed by atoms with Crippen molar-refractivity contribution in [2.24, 2.45) is 0 Å². The van der Waals surface area contributed by atoms with Crippen LogP contribution in [0.3, 0.4) is 0 Å². The Labute approximate surface area is 178 Å². The van der Waals surface area contributed by atoms with Crippen LogP contribution < -0.4 is 5.32 Å². The average molecular weight is 425 g/mol.